The average molecular weight is 227 g/mol. The fraction of sp³-hybridized carbons (Fsp3) is 0.500. The molecule has 1 unspecified atom stereocenters. The summed E-state index contributed by atoms with van der Waals surface area (Å²) in [4.78, 5) is 0.986. The van der Waals surface area contributed by atoms with Crippen LogP contribution in [0.4, 0.5) is 10.1 Å². The summed E-state index contributed by atoms with van der Waals surface area (Å²) in [5.41, 5.74) is 6.27. The number of thioether (sulfide) groups is 1. The van der Waals surface area contributed by atoms with Gasteiger partial charge in [0, 0.05) is 16.3 Å². The van der Waals surface area contributed by atoms with Crippen LogP contribution in [0.15, 0.2) is 23.1 Å². The van der Waals surface area contributed by atoms with E-state index in [2.05, 4.69) is 13.8 Å². The minimum atomic E-state index is -0.265. The Kier molecular flexibility index (Phi) is 4.95. The topological polar surface area (TPSA) is 26.0 Å². The maximum atomic E-state index is 12.8. The average Bonchev–Trinajstić information content (AvgIpc) is 2.17. The van der Waals surface area contributed by atoms with Gasteiger partial charge in [0.15, 0.2) is 0 Å². The smallest absolute Gasteiger partial charge is 0.125 e. The van der Waals surface area contributed by atoms with Crippen molar-refractivity contribution in [3.63, 3.8) is 0 Å². The molecule has 0 heterocycles. The molecule has 1 nitrogen and oxygen atoms in total. The minimum Gasteiger partial charge on any atom is -0.398 e. The quantitative estimate of drug-likeness (QED) is 0.609. The number of hydrogen-bond acceptors (Lipinski definition) is 2. The molecule has 3 heteroatoms. The predicted molar refractivity (Wildman–Crippen MR) is 65.6 cm³/mol. The molecule has 84 valence electrons. The van der Waals surface area contributed by atoms with Gasteiger partial charge in [-0.2, -0.15) is 0 Å². The lowest BCUT2D eigenvalue weighted by Gasteiger charge is -2.10. The minimum absolute atomic E-state index is 0.265. The molecule has 1 aromatic carbocycles. The van der Waals surface area contributed by atoms with Gasteiger partial charge in [-0.15, -0.1) is 11.8 Å². The van der Waals surface area contributed by atoms with Crippen LogP contribution in [0.1, 0.15) is 26.7 Å². The van der Waals surface area contributed by atoms with Crippen LogP contribution < -0.4 is 5.73 Å². The van der Waals surface area contributed by atoms with Crippen LogP contribution >= 0.6 is 11.8 Å². The van der Waals surface area contributed by atoms with Gasteiger partial charge in [-0.05, 0) is 24.1 Å². The van der Waals surface area contributed by atoms with Crippen LogP contribution in [-0.4, -0.2) is 5.75 Å². The molecule has 0 aliphatic rings. The molecule has 0 fully saturated rings. The highest BCUT2D eigenvalue weighted by Gasteiger charge is 2.05. The van der Waals surface area contributed by atoms with Crippen molar-refractivity contribution in [2.24, 2.45) is 5.92 Å². The van der Waals surface area contributed by atoms with Crippen LogP contribution in [0.3, 0.4) is 0 Å². The molecule has 0 aliphatic carbocycles. The first-order chi connectivity index (χ1) is 7.13. The lowest BCUT2D eigenvalue weighted by Crippen LogP contribution is -1.98. The predicted octanol–water partition coefficient (Wildman–Crippen LogP) is 3.94. The van der Waals surface area contributed by atoms with E-state index in [1.807, 2.05) is 0 Å². The third-order valence-corrected chi connectivity index (χ3v) is 3.70. The molecule has 0 saturated heterocycles. The Morgan fingerprint density at radius 3 is 2.80 bits per heavy atom. The standard InChI is InChI=1S/C12H18FNS/c1-3-4-9(2)8-15-12-6-5-10(13)7-11(12)14/h5-7,9H,3-4,8,14H2,1-2H3. The monoisotopic (exact) mass is 227 g/mol. The van der Waals surface area contributed by atoms with E-state index >= 15 is 0 Å². The van der Waals surface area contributed by atoms with E-state index in [0.29, 0.717) is 11.6 Å². The van der Waals surface area contributed by atoms with E-state index in [4.69, 9.17) is 5.73 Å². The van der Waals surface area contributed by atoms with Crippen molar-refractivity contribution < 1.29 is 4.39 Å². The van der Waals surface area contributed by atoms with Gasteiger partial charge in [-0.3, -0.25) is 0 Å². The van der Waals surface area contributed by atoms with Crippen LogP contribution in [0.2, 0.25) is 0 Å². The zero-order valence-corrected chi connectivity index (χ0v) is 10.1. The normalized spacial score (nSPS) is 12.7. The van der Waals surface area contributed by atoms with Crippen LogP contribution in [0.25, 0.3) is 0 Å². The lowest BCUT2D eigenvalue weighted by molar-refractivity contribution is 0.585. The summed E-state index contributed by atoms with van der Waals surface area (Å²) < 4.78 is 12.8. The zero-order valence-electron chi connectivity index (χ0n) is 9.29. The van der Waals surface area contributed by atoms with E-state index in [0.717, 1.165) is 10.6 Å². The van der Waals surface area contributed by atoms with Crippen molar-refractivity contribution in [2.75, 3.05) is 11.5 Å². The van der Waals surface area contributed by atoms with Gasteiger partial charge < -0.3 is 5.73 Å². The number of anilines is 1. The third kappa shape index (κ3) is 4.12. The molecule has 1 rings (SSSR count). The van der Waals surface area contributed by atoms with Crippen molar-refractivity contribution in [3.8, 4) is 0 Å². The Labute approximate surface area is 95.2 Å². The van der Waals surface area contributed by atoms with Gasteiger partial charge in [-0.25, -0.2) is 4.39 Å². The number of benzene rings is 1. The van der Waals surface area contributed by atoms with E-state index < -0.39 is 0 Å². The maximum Gasteiger partial charge on any atom is 0.125 e. The Bertz CT molecular complexity index is 314. The molecule has 1 atom stereocenters. The number of hydrogen-bond donors (Lipinski definition) is 1. The largest absolute Gasteiger partial charge is 0.398 e. The SMILES string of the molecule is CCCC(C)CSc1ccc(F)cc1N. The Morgan fingerprint density at radius 1 is 1.47 bits per heavy atom. The van der Waals surface area contributed by atoms with Crippen LogP contribution in [0.5, 0.6) is 0 Å². The van der Waals surface area contributed by atoms with Gasteiger partial charge in [0.2, 0.25) is 0 Å². The zero-order chi connectivity index (χ0) is 11.3. The fourth-order valence-corrected chi connectivity index (χ4v) is 2.48. The van der Waals surface area contributed by atoms with E-state index in [1.165, 1.54) is 25.0 Å². The summed E-state index contributed by atoms with van der Waals surface area (Å²) in [5, 5.41) is 0. The molecule has 2 N–H and O–H groups in total. The molecule has 0 saturated carbocycles. The molecular weight excluding hydrogens is 209 g/mol. The van der Waals surface area contributed by atoms with Gasteiger partial charge in [0.05, 0.1) is 0 Å². The van der Waals surface area contributed by atoms with Crippen molar-refractivity contribution in [3.05, 3.63) is 24.0 Å². The molecular formula is C12H18FNS. The molecule has 1 aromatic rings. The maximum absolute atomic E-state index is 12.8. The highest BCUT2D eigenvalue weighted by Crippen LogP contribution is 2.28. The lowest BCUT2D eigenvalue weighted by atomic mass is 10.1. The second-order valence-electron chi connectivity index (χ2n) is 3.89. The second-order valence-corrected chi connectivity index (χ2v) is 4.95. The van der Waals surface area contributed by atoms with E-state index in [1.54, 1.807) is 17.8 Å². The highest BCUT2D eigenvalue weighted by molar-refractivity contribution is 7.99. The van der Waals surface area contributed by atoms with Crippen molar-refractivity contribution in [1.82, 2.24) is 0 Å². The summed E-state index contributed by atoms with van der Waals surface area (Å²) in [6.07, 6.45) is 2.44. The van der Waals surface area contributed by atoms with Gasteiger partial charge in [-0.1, -0.05) is 26.7 Å². The van der Waals surface area contributed by atoms with E-state index in [9.17, 15) is 4.39 Å². The molecule has 0 bridgehead atoms. The van der Waals surface area contributed by atoms with Crippen LogP contribution in [-0.2, 0) is 0 Å². The fourth-order valence-electron chi connectivity index (χ4n) is 1.46. The van der Waals surface area contributed by atoms with Gasteiger partial charge in [0.25, 0.3) is 0 Å². The van der Waals surface area contributed by atoms with Crippen molar-refractivity contribution in [1.29, 1.82) is 0 Å². The second kappa shape index (κ2) is 6.01. The molecule has 0 radical (unpaired) electrons. The summed E-state index contributed by atoms with van der Waals surface area (Å²) in [6.45, 7) is 4.42. The van der Waals surface area contributed by atoms with Crippen molar-refractivity contribution in [2.45, 2.75) is 31.6 Å². The van der Waals surface area contributed by atoms with Gasteiger partial charge in [0.1, 0.15) is 5.82 Å². The Morgan fingerprint density at radius 2 is 2.20 bits per heavy atom. The van der Waals surface area contributed by atoms with Crippen LogP contribution in [0, 0.1) is 11.7 Å². The molecule has 0 aliphatic heterocycles. The first-order valence-electron chi connectivity index (χ1n) is 5.31. The molecule has 0 aromatic heterocycles. The molecule has 0 amide bonds. The van der Waals surface area contributed by atoms with Gasteiger partial charge >= 0.3 is 0 Å². The summed E-state index contributed by atoms with van der Waals surface area (Å²) in [6, 6.07) is 4.60. The number of halogens is 1. The van der Waals surface area contributed by atoms with E-state index in [-0.39, 0.29) is 5.82 Å². The number of nitrogens with two attached hydrogens (primary N) is 1. The first kappa shape index (κ1) is 12.4. The first-order valence-corrected chi connectivity index (χ1v) is 6.30. The third-order valence-electron chi connectivity index (χ3n) is 2.28. The number of nitrogen functional groups attached to an aromatic ring is 1. The summed E-state index contributed by atoms with van der Waals surface area (Å²) >= 11 is 1.71. The molecule has 15 heavy (non-hydrogen) atoms. The summed E-state index contributed by atoms with van der Waals surface area (Å²) in [5.74, 6) is 1.46. The Balaban J connectivity index is 2.50. The Hall–Kier alpha value is -0.700. The number of rotatable bonds is 5. The van der Waals surface area contributed by atoms with Crippen molar-refractivity contribution >= 4 is 17.4 Å². The highest BCUT2D eigenvalue weighted by atomic mass is 32.2. The summed E-state index contributed by atoms with van der Waals surface area (Å²) in [7, 11) is 0. The molecule has 0 spiro atoms.